The number of fused-ring (bicyclic) bond motifs is 5. The molecule has 292 valence electrons. The summed E-state index contributed by atoms with van der Waals surface area (Å²) in [7, 11) is -3.67. The maximum atomic E-state index is 14.0. The molecule has 0 amide bonds. The number of ketones is 2. The Morgan fingerprint density at radius 3 is 2.17 bits per heavy atom. The van der Waals surface area contributed by atoms with E-state index in [-0.39, 0.29) is 16.7 Å². The van der Waals surface area contributed by atoms with Crippen LogP contribution in [0, 0.1) is 34.5 Å². The first-order chi connectivity index (χ1) is 25.2. The van der Waals surface area contributed by atoms with Crippen molar-refractivity contribution in [1.29, 1.82) is 0 Å². The fourth-order valence-corrected chi connectivity index (χ4v) is 11.5. The second-order valence-electron chi connectivity index (χ2n) is 17.7. The first-order valence-electron chi connectivity index (χ1n) is 20.5. The Kier molecular flexibility index (Phi) is 11.1. The summed E-state index contributed by atoms with van der Waals surface area (Å²) in [5, 5.41) is 0. The molecular weight excluding hydrogens is 689 g/mol. The Bertz CT molecular complexity index is 1670. The van der Waals surface area contributed by atoms with Gasteiger partial charge in [0.05, 0.1) is 6.26 Å². The number of rotatable bonds is 8. The van der Waals surface area contributed by atoms with Gasteiger partial charge in [-0.05, 0) is 100.0 Å². The third kappa shape index (κ3) is 8.11. The Hall–Kier alpha value is -2.83. The standard InChI is InChI=1S/C40H58N6O2.CH4O3S/c1-28-25-33-31-11-10-29-26-30(47)12-14-39(29,2)32(31)13-15-40(33,3)37(28)34(48)9-8-16-43-21-23-45(24-22-43)36-27-35(44-17-4-5-18-44)41-38(42-36)46-19-6-7-20-46;1-5(2,3)4/h13,26-28,31,33,37H,4-12,14-25H2,1-3H3;1H3,(H,2,3,4)/t28-,31-,33+,37-,39+,40+;/m1./s1. The van der Waals surface area contributed by atoms with Crippen molar-refractivity contribution in [3.05, 3.63) is 29.4 Å². The van der Waals surface area contributed by atoms with E-state index in [1.165, 1.54) is 37.7 Å². The summed E-state index contributed by atoms with van der Waals surface area (Å²) in [6, 6.07) is 2.23. The summed E-state index contributed by atoms with van der Waals surface area (Å²) in [4.78, 5) is 46.2. The predicted molar refractivity (Wildman–Crippen MR) is 210 cm³/mol. The lowest BCUT2D eigenvalue weighted by molar-refractivity contribution is -0.128. The molecule has 4 aliphatic carbocycles. The van der Waals surface area contributed by atoms with Crippen molar-refractivity contribution in [2.45, 2.75) is 97.8 Å². The number of anilines is 3. The van der Waals surface area contributed by atoms with E-state index in [1.807, 2.05) is 6.08 Å². The van der Waals surface area contributed by atoms with Crippen LogP contribution < -0.4 is 14.7 Å². The highest BCUT2D eigenvalue weighted by Crippen LogP contribution is 2.65. The molecule has 1 N–H and O–H groups in total. The number of hydrogen-bond acceptors (Lipinski definition) is 10. The zero-order chi connectivity index (χ0) is 37.5. The number of piperazine rings is 1. The van der Waals surface area contributed by atoms with Gasteiger partial charge in [0.1, 0.15) is 17.4 Å². The van der Waals surface area contributed by atoms with Crippen LogP contribution >= 0.6 is 0 Å². The Morgan fingerprint density at radius 1 is 0.925 bits per heavy atom. The monoisotopic (exact) mass is 750 g/mol. The number of hydrogen-bond donors (Lipinski definition) is 1. The fraction of sp³-hybridized carbons (Fsp3) is 0.756. The van der Waals surface area contributed by atoms with Gasteiger partial charge in [-0.15, -0.1) is 0 Å². The zero-order valence-electron chi connectivity index (χ0n) is 32.6. The van der Waals surface area contributed by atoms with E-state index in [2.05, 4.69) is 52.5 Å². The van der Waals surface area contributed by atoms with E-state index in [9.17, 15) is 18.0 Å². The highest BCUT2D eigenvalue weighted by molar-refractivity contribution is 7.85. The van der Waals surface area contributed by atoms with Crippen LogP contribution in [0.2, 0.25) is 0 Å². The molecule has 4 heterocycles. The number of aromatic nitrogens is 2. The molecule has 1 aromatic heterocycles. The molecule has 11 nitrogen and oxygen atoms in total. The summed E-state index contributed by atoms with van der Waals surface area (Å²) in [5.41, 5.74) is 3.11. The molecule has 0 unspecified atom stereocenters. The maximum Gasteiger partial charge on any atom is 0.261 e. The molecule has 0 radical (unpaired) electrons. The van der Waals surface area contributed by atoms with Crippen LogP contribution in [0.3, 0.4) is 0 Å². The van der Waals surface area contributed by atoms with Crippen molar-refractivity contribution in [3.63, 3.8) is 0 Å². The smallest absolute Gasteiger partial charge is 0.261 e. The van der Waals surface area contributed by atoms with E-state index in [4.69, 9.17) is 14.5 Å². The molecule has 3 saturated heterocycles. The van der Waals surface area contributed by atoms with Crippen LogP contribution in [0.15, 0.2) is 29.4 Å². The molecule has 3 aliphatic heterocycles. The molecule has 53 heavy (non-hydrogen) atoms. The molecule has 7 aliphatic rings. The van der Waals surface area contributed by atoms with E-state index in [0.717, 1.165) is 109 Å². The minimum absolute atomic E-state index is 0.0628. The van der Waals surface area contributed by atoms with Gasteiger partial charge in [-0.2, -0.15) is 18.4 Å². The predicted octanol–water partition coefficient (Wildman–Crippen LogP) is 5.97. The first-order valence-corrected chi connectivity index (χ1v) is 22.3. The van der Waals surface area contributed by atoms with Crippen molar-refractivity contribution in [2.75, 3.05) is 79.9 Å². The molecular formula is C41H62N6O5S. The van der Waals surface area contributed by atoms with E-state index >= 15 is 0 Å². The number of carbonyl (C=O) groups is 2. The lowest BCUT2D eigenvalue weighted by Crippen LogP contribution is -2.47. The van der Waals surface area contributed by atoms with Crippen LogP contribution in [0.25, 0.3) is 0 Å². The highest BCUT2D eigenvalue weighted by Gasteiger charge is 2.59. The quantitative estimate of drug-likeness (QED) is 0.250. The molecule has 2 saturated carbocycles. The molecule has 0 aromatic carbocycles. The molecule has 1 aromatic rings. The molecule has 0 bridgehead atoms. The van der Waals surface area contributed by atoms with E-state index in [1.54, 1.807) is 5.57 Å². The van der Waals surface area contributed by atoms with Crippen LogP contribution in [0.5, 0.6) is 0 Å². The number of allylic oxidation sites excluding steroid dienone is 4. The minimum Gasteiger partial charge on any atom is -0.356 e. The molecule has 0 spiro atoms. The molecule has 5 fully saturated rings. The van der Waals surface area contributed by atoms with Gasteiger partial charge < -0.3 is 14.7 Å². The van der Waals surface area contributed by atoms with Crippen molar-refractivity contribution in [3.8, 4) is 0 Å². The summed E-state index contributed by atoms with van der Waals surface area (Å²) in [5.74, 6) is 5.71. The van der Waals surface area contributed by atoms with Gasteiger partial charge in [-0.25, -0.2) is 0 Å². The van der Waals surface area contributed by atoms with Gasteiger partial charge >= 0.3 is 0 Å². The Morgan fingerprint density at radius 2 is 1.53 bits per heavy atom. The largest absolute Gasteiger partial charge is 0.356 e. The Labute approximate surface area is 317 Å². The van der Waals surface area contributed by atoms with Crippen molar-refractivity contribution in [1.82, 2.24) is 14.9 Å². The van der Waals surface area contributed by atoms with Crippen molar-refractivity contribution >= 4 is 39.3 Å². The van der Waals surface area contributed by atoms with Gasteiger partial charge in [-0.3, -0.25) is 19.0 Å². The van der Waals surface area contributed by atoms with E-state index in [0.29, 0.717) is 48.4 Å². The lowest BCUT2D eigenvalue weighted by atomic mass is 9.51. The summed E-state index contributed by atoms with van der Waals surface area (Å²) in [6.45, 7) is 16.5. The van der Waals surface area contributed by atoms with Crippen LogP contribution in [0.4, 0.5) is 17.6 Å². The Balaban J connectivity index is 0.000000817. The van der Waals surface area contributed by atoms with Crippen molar-refractivity contribution < 1.29 is 22.6 Å². The summed E-state index contributed by atoms with van der Waals surface area (Å²) < 4.78 is 25.9. The van der Waals surface area contributed by atoms with Crippen LogP contribution in [0.1, 0.15) is 97.8 Å². The third-order valence-corrected chi connectivity index (χ3v) is 14.1. The molecule has 6 atom stereocenters. The first kappa shape index (κ1) is 38.4. The van der Waals surface area contributed by atoms with Crippen LogP contribution in [-0.2, 0) is 19.7 Å². The third-order valence-electron chi connectivity index (χ3n) is 14.1. The normalized spacial score (nSPS) is 33.1. The average molecular weight is 751 g/mol. The minimum atomic E-state index is -3.67. The van der Waals surface area contributed by atoms with Gasteiger partial charge in [0.2, 0.25) is 5.95 Å². The lowest BCUT2D eigenvalue weighted by Gasteiger charge is -2.53. The molecule has 12 heteroatoms. The van der Waals surface area contributed by atoms with Gasteiger partial charge in [-0.1, -0.05) is 38.0 Å². The molecule has 8 rings (SSSR count). The number of carbonyl (C=O) groups excluding carboxylic acids is 2. The fourth-order valence-electron chi connectivity index (χ4n) is 11.5. The second-order valence-corrected chi connectivity index (χ2v) is 19.1. The van der Waals surface area contributed by atoms with Gasteiger partial charge in [0, 0.05) is 82.6 Å². The topological polar surface area (TPSA) is 127 Å². The average Bonchev–Trinajstić information content (AvgIpc) is 3.89. The number of Topliss-reactive ketones (excluding diaryl/α,β-unsaturated/α-hetero) is 1. The van der Waals surface area contributed by atoms with Gasteiger partial charge in [0.25, 0.3) is 10.1 Å². The SMILES string of the molecule is CS(=O)(=O)O.C[C@@H]1C[C@H]2[C@@H]3CCC4=CC(=O)CC[C@]4(C)C3=CC[C@]2(C)[C@H]1C(=O)CCCN1CCN(c2cc(N3CCCC3)nc(N3CCCC3)n2)CC1. The second kappa shape index (κ2) is 15.4. The maximum absolute atomic E-state index is 14.0. The summed E-state index contributed by atoms with van der Waals surface area (Å²) in [6.07, 6.45) is 17.9. The number of nitrogens with zero attached hydrogens (tertiary/aromatic N) is 6. The van der Waals surface area contributed by atoms with Crippen LogP contribution in [-0.4, -0.2) is 105 Å². The highest BCUT2D eigenvalue weighted by atomic mass is 32.2. The summed E-state index contributed by atoms with van der Waals surface area (Å²) >= 11 is 0. The van der Waals surface area contributed by atoms with Crippen molar-refractivity contribution in [2.24, 2.45) is 34.5 Å². The zero-order valence-corrected chi connectivity index (χ0v) is 33.4. The van der Waals surface area contributed by atoms with E-state index < -0.39 is 10.1 Å². The van der Waals surface area contributed by atoms with Gasteiger partial charge in [0.15, 0.2) is 5.78 Å².